The predicted octanol–water partition coefficient (Wildman–Crippen LogP) is 3.61. The van der Waals surface area contributed by atoms with Crippen molar-refractivity contribution in [2.45, 2.75) is 19.9 Å². The molecule has 0 bridgehead atoms. The topological polar surface area (TPSA) is 71.1 Å². The van der Waals surface area contributed by atoms with E-state index in [4.69, 9.17) is 21.1 Å². The number of halogens is 1. The Bertz CT molecular complexity index is 989. The summed E-state index contributed by atoms with van der Waals surface area (Å²) < 4.78 is 11.1. The quantitative estimate of drug-likeness (QED) is 0.520. The number of rotatable bonds is 10. The molecule has 3 rings (SSSR count). The Kier molecular flexibility index (Phi) is 9.79. The van der Waals surface area contributed by atoms with Crippen LogP contribution in [0.5, 0.6) is 11.5 Å². The molecular weight excluding hydrogens is 454 g/mol. The van der Waals surface area contributed by atoms with Gasteiger partial charge in [0.05, 0.1) is 25.3 Å². The van der Waals surface area contributed by atoms with Gasteiger partial charge in [-0.15, -0.1) is 0 Å². The number of methoxy groups -OCH3 is 1. The number of hydrogen-bond acceptors (Lipinski definition) is 5. The summed E-state index contributed by atoms with van der Waals surface area (Å²) in [7, 11) is 1.56. The minimum Gasteiger partial charge on any atom is -0.493 e. The molecule has 0 atom stereocenters. The van der Waals surface area contributed by atoms with E-state index in [9.17, 15) is 9.59 Å². The Labute approximate surface area is 206 Å². The number of carbonyl (C=O) groups is 2. The normalized spacial score (nSPS) is 14.3. The number of nitrogens with one attached hydrogen (secondary N) is 1. The highest BCUT2D eigenvalue weighted by atomic mass is 35.5. The molecule has 34 heavy (non-hydrogen) atoms. The lowest BCUT2D eigenvalue weighted by atomic mass is 10.1. The first-order valence-electron chi connectivity index (χ1n) is 11.5. The van der Waals surface area contributed by atoms with E-state index in [1.807, 2.05) is 37.3 Å². The summed E-state index contributed by atoms with van der Waals surface area (Å²) >= 11 is 6.36. The second-order valence-electron chi connectivity index (χ2n) is 8.08. The molecule has 1 aliphatic heterocycles. The highest BCUT2D eigenvalue weighted by Crippen LogP contribution is 2.36. The van der Waals surface area contributed by atoms with Crippen LogP contribution in [-0.4, -0.2) is 68.1 Å². The van der Waals surface area contributed by atoms with Crippen LogP contribution in [0.4, 0.5) is 0 Å². The van der Waals surface area contributed by atoms with Gasteiger partial charge in [-0.3, -0.25) is 14.5 Å². The SMILES string of the molecule is CCCOc1c(Cl)cc(/C=C/C(=O)N2CCN(CC(=O)NCc3ccccc3)CC2)cc1OC. The van der Waals surface area contributed by atoms with E-state index in [2.05, 4.69) is 10.2 Å². The molecule has 0 aromatic heterocycles. The summed E-state index contributed by atoms with van der Waals surface area (Å²) in [6.45, 7) is 5.86. The van der Waals surface area contributed by atoms with Gasteiger partial charge >= 0.3 is 0 Å². The van der Waals surface area contributed by atoms with Crippen LogP contribution in [-0.2, 0) is 16.1 Å². The smallest absolute Gasteiger partial charge is 0.246 e. The molecule has 2 amide bonds. The molecule has 0 radical (unpaired) electrons. The van der Waals surface area contributed by atoms with Gasteiger partial charge in [0.15, 0.2) is 11.5 Å². The summed E-state index contributed by atoms with van der Waals surface area (Å²) in [5.74, 6) is 0.959. The Morgan fingerprint density at radius 2 is 1.85 bits per heavy atom. The fourth-order valence-electron chi connectivity index (χ4n) is 3.63. The van der Waals surface area contributed by atoms with Gasteiger partial charge in [0.25, 0.3) is 0 Å². The molecule has 0 unspecified atom stereocenters. The third kappa shape index (κ3) is 7.50. The maximum atomic E-state index is 12.7. The van der Waals surface area contributed by atoms with E-state index in [1.165, 1.54) is 0 Å². The molecule has 182 valence electrons. The number of piperazine rings is 1. The van der Waals surface area contributed by atoms with Gasteiger partial charge in [0, 0.05) is 38.8 Å². The summed E-state index contributed by atoms with van der Waals surface area (Å²) in [6, 6.07) is 13.4. The Morgan fingerprint density at radius 1 is 1.12 bits per heavy atom. The lowest BCUT2D eigenvalue weighted by molar-refractivity contribution is -0.128. The lowest BCUT2D eigenvalue weighted by Gasteiger charge is -2.33. The number of nitrogens with zero attached hydrogens (tertiary/aromatic N) is 2. The van der Waals surface area contributed by atoms with Crippen LogP contribution in [0.2, 0.25) is 5.02 Å². The molecule has 1 N–H and O–H groups in total. The number of hydrogen-bond donors (Lipinski definition) is 1. The molecule has 0 aliphatic carbocycles. The molecular formula is C26H32ClN3O4. The third-order valence-corrected chi connectivity index (χ3v) is 5.79. The average molecular weight is 486 g/mol. The van der Waals surface area contributed by atoms with E-state index >= 15 is 0 Å². The number of benzene rings is 2. The van der Waals surface area contributed by atoms with Gasteiger partial charge in [-0.25, -0.2) is 0 Å². The number of carbonyl (C=O) groups excluding carboxylic acids is 2. The van der Waals surface area contributed by atoms with Crippen LogP contribution < -0.4 is 14.8 Å². The minimum atomic E-state index is -0.0745. The van der Waals surface area contributed by atoms with Crippen molar-refractivity contribution in [1.82, 2.24) is 15.1 Å². The van der Waals surface area contributed by atoms with E-state index in [-0.39, 0.29) is 11.8 Å². The van der Waals surface area contributed by atoms with Gasteiger partial charge in [-0.1, -0.05) is 48.9 Å². The largest absolute Gasteiger partial charge is 0.493 e. The zero-order valence-electron chi connectivity index (χ0n) is 19.8. The Balaban J connectivity index is 1.47. The van der Waals surface area contributed by atoms with E-state index in [0.717, 1.165) is 17.5 Å². The van der Waals surface area contributed by atoms with E-state index in [1.54, 1.807) is 36.3 Å². The van der Waals surface area contributed by atoms with Gasteiger partial charge in [-0.05, 0) is 35.8 Å². The zero-order valence-corrected chi connectivity index (χ0v) is 20.5. The molecule has 7 nitrogen and oxygen atoms in total. The first kappa shape index (κ1) is 25.6. The summed E-state index contributed by atoms with van der Waals surface area (Å²) in [4.78, 5) is 28.8. The minimum absolute atomic E-state index is 0.0132. The van der Waals surface area contributed by atoms with Crippen LogP contribution in [0.3, 0.4) is 0 Å². The van der Waals surface area contributed by atoms with E-state index in [0.29, 0.717) is 62.4 Å². The van der Waals surface area contributed by atoms with Crippen molar-refractivity contribution in [3.63, 3.8) is 0 Å². The molecule has 1 aliphatic rings. The fraction of sp³-hybridized carbons (Fsp3) is 0.385. The lowest BCUT2D eigenvalue weighted by Crippen LogP contribution is -2.50. The third-order valence-electron chi connectivity index (χ3n) is 5.50. The van der Waals surface area contributed by atoms with Gasteiger partial charge in [0.1, 0.15) is 0 Å². The van der Waals surface area contributed by atoms with Crippen molar-refractivity contribution in [2.24, 2.45) is 0 Å². The monoisotopic (exact) mass is 485 g/mol. The maximum Gasteiger partial charge on any atom is 0.246 e. The highest BCUT2D eigenvalue weighted by molar-refractivity contribution is 6.32. The summed E-state index contributed by atoms with van der Waals surface area (Å²) in [5, 5.41) is 3.39. The zero-order chi connectivity index (χ0) is 24.3. The van der Waals surface area contributed by atoms with Gasteiger partial charge < -0.3 is 19.7 Å². The van der Waals surface area contributed by atoms with Crippen LogP contribution in [0.15, 0.2) is 48.5 Å². The molecule has 2 aromatic rings. The molecule has 0 spiro atoms. The first-order chi connectivity index (χ1) is 16.5. The van der Waals surface area contributed by atoms with Crippen molar-refractivity contribution < 1.29 is 19.1 Å². The summed E-state index contributed by atoms with van der Waals surface area (Å²) in [6.07, 6.45) is 4.13. The van der Waals surface area contributed by atoms with Crippen LogP contribution in [0, 0.1) is 0 Å². The first-order valence-corrected chi connectivity index (χ1v) is 11.9. The van der Waals surface area contributed by atoms with Crippen molar-refractivity contribution in [1.29, 1.82) is 0 Å². The molecule has 8 heteroatoms. The van der Waals surface area contributed by atoms with Crippen molar-refractivity contribution in [3.05, 3.63) is 64.7 Å². The van der Waals surface area contributed by atoms with Crippen LogP contribution >= 0.6 is 11.6 Å². The fourth-order valence-corrected chi connectivity index (χ4v) is 3.91. The summed E-state index contributed by atoms with van der Waals surface area (Å²) in [5.41, 5.74) is 1.83. The molecule has 1 heterocycles. The second-order valence-corrected chi connectivity index (χ2v) is 8.49. The molecule has 1 fully saturated rings. The van der Waals surface area contributed by atoms with Crippen molar-refractivity contribution in [3.8, 4) is 11.5 Å². The number of amides is 2. The second kappa shape index (κ2) is 13.0. The van der Waals surface area contributed by atoms with Crippen LogP contribution in [0.25, 0.3) is 6.08 Å². The average Bonchev–Trinajstić information content (AvgIpc) is 2.86. The van der Waals surface area contributed by atoms with Crippen molar-refractivity contribution in [2.75, 3.05) is 46.4 Å². The molecule has 1 saturated heterocycles. The standard InChI is InChI=1S/C26H32ClN3O4/c1-3-15-34-26-22(27)16-21(17-23(26)33-2)9-10-25(32)30-13-11-29(12-14-30)19-24(31)28-18-20-7-5-4-6-8-20/h4-10,16-17H,3,11-15,18-19H2,1-2H3,(H,28,31)/b10-9+. The highest BCUT2D eigenvalue weighted by Gasteiger charge is 2.21. The van der Waals surface area contributed by atoms with Crippen LogP contribution in [0.1, 0.15) is 24.5 Å². The van der Waals surface area contributed by atoms with Gasteiger partial charge in [-0.2, -0.15) is 0 Å². The van der Waals surface area contributed by atoms with Crippen molar-refractivity contribution >= 4 is 29.5 Å². The maximum absolute atomic E-state index is 12.7. The van der Waals surface area contributed by atoms with Gasteiger partial charge in [0.2, 0.25) is 11.8 Å². The predicted molar refractivity (Wildman–Crippen MR) is 134 cm³/mol. The molecule has 0 saturated carbocycles. The molecule has 2 aromatic carbocycles. The number of ether oxygens (including phenoxy) is 2. The van der Waals surface area contributed by atoms with E-state index < -0.39 is 0 Å². The Morgan fingerprint density at radius 3 is 2.53 bits per heavy atom. The Hall–Kier alpha value is -3.03.